The van der Waals surface area contributed by atoms with Crippen molar-refractivity contribution in [2.75, 3.05) is 39.3 Å². The minimum Gasteiger partial charge on any atom is -0.465 e. The van der Waals surface area contributed by atoms with E-state index in [1.165, 1.54) is 6.07 Å². The third-order valence-electron chi connectivity index (χ3n) is 3.65. The molecule has 120 valence electrons. The number of hydrogen-bond acceptors (Lipinski definition) is 6. The first-order chi connectivity index (χ1) is 10.6. The van der Waals surface area contributed by atoms with Gasteiger partial charge in [-0.3, -0.25) is 24.7 Å². The van der Waals surface area contributed by atoms with Gasteiger partial charge in [-0.1, -0.05) is 12.1 Å². The summed E-state index contributed by atoms with van der Waals surface area (Å²) in [6, 6.07) is 6.73. The molecule has 0 N–H and O–H groups in total. The van der Waals surface area contributed by atoms with Gasteiger partial charge in [0.05, 0.1) is 18.1 Å². The molecule has 0 atom stereocenters. The number of nitrogens with zero attached hydrogens (tertiary/aromatic N) is 3. The van der Waals surface area contributed by atoms with E-state index in [2.05, 4.69) is 9.80 Å². The number of non-ortho nitro benzene ring substituents is 1. The van der Waals surface area contributed by atoms with Gasteiger partial charge in [0.15, 0.2) is 0 Å². The highest BCUT2D eigenvalue weighted by Crippen LogP contribution is 2.15. The second kappa shape index (κ2) is 7.86. The van der Waals surface area contributed by atoms with Crippen LogP contribution in [0, 0.1) is 10.1 Å². The lowest BCUT2D eigenvalue weighted by atomic mass is 10.1. The lowest BCUT2D eigenvalue weighted by Crippen LogP contribution is -2.47. The number of piperazine rings is 1. The fourth-order valence-electron chi connectivity index (χ4n) is 2.52. The highest BCUT2D eigenvalue weighted by atomic mass is 16.6. The van der Waals surface area contributed by atoms with Crippen molar-refractivity contribution in [3.8, 4) is 0 Å². The molecule has 0 bridgehead atoms. The molecule has 1 aromatic carbocycles. The molecule has 7 heteroatoms. The van der Waals surface area contributed by atoms with E-state index in [0.29, 0.717) is 19.7 Å². The van der Waals surface area contributed by atoms with Crippen LogP contribution < -0.4 is 0 Å². The summed E-state index contributed by atoms with van der Waals surface area (Å²) in [7, 11) is 0. The first-order valence-electron chi connectivity index (χ1n) is 7.42. The van der Waals surface area contributed by atoms with E-state index in [9.17, 15) is 14.9 Å². The van der Waals surface area contributed by atoms with Gasteiger partial charge in [-0.25, -0.2) is 0 Å². The molecule has 1 heterocycles. The van der Waals surface area contributed by atoms with Gasteiger partial charge in [0.2, 0.25) is 0 Å². The normalized spacial score (nSPS) is 16.4. The Morgan fingerprint density at radius 2 is 1.95 bits per heavy atom. The van der Waals surface area contributed by atoms with Crippen molar-refractivity contribution >= 4 is 11.7 Å². The minimum absolute atomic E-state index is 0.124. The van der Waals surface area contributed by atoms with E-state index in [1.54, 1.807) is 19.1 Å². The molecule has 1 aliphatic rings. The van der Waals surface area contributed by atoms with Crippen molar-refractivity contribution < 1.29 is 14.5 Å². The summed E-state index contributed by atoms with van der Waals surface area (Å²) < 4.78 is 4.94. The van der Waals surface area contributed by atoms with Crippen LogP contribution in [0.4, 0.5) is 5.69 Å². The van der Waals surface area contributed by atoms with Crippen molar-refractivity contribution in [1.82, 2.24) is 9.80 Å². The quantitative estimate of drug-likeness (QED) is 0.447. The van der Waals surface area contributed by atoms with Crippen molar-refractivity contribution in [2.24, 2.45) is 0 Å². The summed E-state index contributed by atoms with van der Waals surface area (Å²) in [6.45, 7) is 6.50. The number of carbonyl (C=O) groups is 1. The second-order valence-electron chi connectivity index (χ2n) is 5.28. The maximum absolute atomic E-state index is 11.4. The number of ether oxygens (including phenoxy) is 1. The number of nitro groups is 1. The van der Waals surface area contributed by atoms with Crippen LogP contribution in [0.15, 0.2) is 24.3 Å². The number of rotatable bonds is 6. The van der Waals surface area contributed by atoms with Crippen LogP contribution in [0.5, 0.6) is 0 Å². The lowest BCUT2D eigenvalue weighted by Gasteiger charge is -2.34. The monoisotopic (exact) mass is 307 g/mol. The van der Waals surface area contributed by atoms with E-state index < -0.39 is 0 Å². The number of hydrogen-bond donors (Lipinski definition) is 0. The molecule has 0 aliphatic carbocycles. The van der Waals surface area contributed by atoms with Gasteiger partial charge in [0.25, 0.3) is 5.69 Å². The molecule has 2 rings (SSSR count). The molecule has 1 saturated heterocycles. The number of nitro benzene ring substituents is 1. The molecule has 0 saturated carbocycles. The highest BCUT2D eigenvalue weighted by molar-refractivity contribution is 5.71. The molecular formula is C15H21N3O4. The third kappa shape index (κ3) is 4.78. The largest absolute Gasteiger partial charge is 0.465 e. The Labute approximate surface area is 129 Å². The van der Waals surface area contributed by atoms with Crippen molar-refractivity contribution in [3.05, 3.63) is 39.9 Å². The van der Waals surface area contributed by atoms with E-state index >= 15 is 0 Å². The van der Waals surface area contributed by atoms with Crippen molar-refractivity contribution in [1.29, 1.82) is 0 Å². The highest BCUT2D eigenvalue weighted by Gasteiger charge is 2.19. The van der Waals surface area contributed by atoms with Crippen LogP contribution in [0.3, 0.4) is 0 Å². The summed E-state index contributed by atoms with van der Waals surface area (Å²) in [6.07, 6.45) is 0. The standard InChI is InChI=1S/C15H21N3O4/c1-2-22-15(19)12-17-8-6-16(7-9-17)11-13-4-3-5-14(10-13)18(20)21/h3-5,10H,2,6-9,11-12H2,1H3. The van der Waals surface area contributed by atoms with Crippen LogP contribution in [-0.2, 0) is 16.1 Å². The molecule has 0 aromatic heterocycles. The Morgan fingerprint density at radius 1 is 1.27 bits per heavy atom. The van der Waals surface area contributed by atoms with Gasteiger partial charge in [0.1, 0.15) is 0 Å². The number of benzene rings is 1. The SMILES string of the molecule is CCOC(=O)CN1CCN(Cc2cccc([N+](=O)[O-])c2)CC1. The maximum Gasteiger partial charge on any atom is 0.320 e. The van der Waals surface area contributed by atoms with E-state index in [0.717, 1.165) is 31.7 Å². The predicted octanol–water partition coefficient (Wildman–Crippen LogP) is 1.28. The Bertz CT molecular complexity index is 527. The molecule has 0 spiro atoms. The summed E-state index contributed by atoms with van der Waals surface area (Å²) in [5.41, 5.74) is 1.06. The smallest absolute Gasteiger partial charge is 0.320 e. The summed E-state index contributed by atoms with van der Waals surface area (Å²) >= 11 is 0. The Morgan fingerprint density at radius 3 is 2.59 bits per heavy atom. The fourth-order valence-corrected chi connectivity index (χ4v) is 2.52. The molecule has 1 aromatic rings. The fraction of sp³-hybridized carbons (Fsp3) is 0.533. The van der Waals surface area contributed by atoms with Crippen LogP contribution in [-0.4, -0.2) is 60.0 Å². The third-order valence-corrected chi connectivity index (χ3v) is 3.65. The summed E-state index contributed by atoms with van der Waals surface area (Å²) in [5.74, 6) is -0.186. The van der Waals surface area contributed by atoms with Crippen LogP contribution in [0.1, 0.15) is 12.5 Å². The van der Waals surface area contributed by atoms with E-state index in [-0.39, 0.29) is 16.6 Å². The number of esters is 1. The van der Waals surface area contributed by atoms with Gasteiger partial charge in [0, 0.05) is 44.9 Å². The van der Waals surface area contributed by atoms with E-state index in [4.69, 9.17) is 4.74 Å². The van der Waals surface area contributed by atoms with E-state index in [1.807, 2.05) is 6.07 Å². The molecule has 1 aliphatic heterocycles. The topological polar surface area (TPSA) is 75.9 Å². The predicted molar refractivity (Wildman–Crippen MR) is 81.4 cm³/mol. The molecule has 0 radical (unpaired) electrons. The first-order valence-corrected chi connectivity index (χ1v) is 7.42. The minimum atomic E-state index is -0.374. The molecule has 7 nitrogen and oxygen atoms in total. The Balaban J connectivity index is 1.81. The van der Waals surface area contributed by atoms with Crippen LogP contribution >= 0.6 is 0 Å². The van der Waals surface area contributed by atoms with Gasteiger partial charge in [-0.05, 0) is 12.5 Å². The van der Waals surface area contributed by atoms with Gasteiger partial charge < -0.3 is 4.74 Å². The van der Waals surface area contributed by atoms with Crippen LogP contribution in [0.2, 0.25) is 0 Å². The molecular weight excluding hydrogens is 286 g/mol. The molecule has 1 fully saturated rings. The zero-order valence-electron chi connectivity index (χ0n) is 12.7. The maximum atomic E-state index is 11.4. The summed E-state index contributed by atoms with van der Waals surface area (Å²) in [5, 5.41) is 10.8. The zero-order chi connectivity index (χ0) is 15.9. The molecule has 0 amide bonds. The van der Waals surface area contributed by atoms with Crippen molar-refractivity contribution in [3.63, 3.8) is 0 Å². The Hall–Kier alpha value is -1.99. The zero-order valence-corrected chi connectivity index (χ0v) is 12.7. The number of carbonyl (C=O) groups excluding carboxylic acids is 1. The van der Waals surface area contributed by atoms with Crippen molar-refractivity contribution in [2.45, 2.75) is 13.5 Å². The first kappa shape index (κ1) is 16.4. The second-order valence-corrected chi connectivity index (χ2v) is 5.28. The molecule has 0 unspecified atom stereocenters. The average Bonchev–Trinajstić information content (AvgIpc) is 2.50. The molecule has 22 heavy (non-hydrogen) atoms. The average molecular weight is 307 g/mol. The van der Waals surface area contributed by atoms with Gasteiger partial charge in [-0.15, -0.1) is 0 Å². The lowest BCUT2D eigenvalue weighted by molar-refractivity contribution is -0.384. The summed E-state index contributed by atoms with van der Waals surface area (Å²) in [4.78, 5) is 26.2. The van der Waals surface area contributed by atoms with Crippen LogP contribution in [0.25, 0.3) is 0 Å². The van der Waals surface area contributed by atoms with Gasteiger partial charge in [-0.2, -0.15) is 0 Å². The van der Waals surface area contributed by atoms with Gasteiger partial charge >= 0.3 is 5.97 Å². The Kier molecular flexibility index (Phi) is 5.85.